The van der Waals surface area contributed by atoms with E-state index in [0.29, 0.717) is 25.7 Å². The van der Waals surface area contributed by atoms with Crippen molar-refractivity contribution >= 4 is 25.7 Å². The number of aliphatic carboxylic acids is 1. The van der Waals surface area contributed by atoms with Crippen molar-refractivity contribution in [2.24, 2.45) is 5.73 Å². The van der Waals surface area contributed by atoms with Gasteiger partial charge in [0.25, 0.3) is 0 Å². The van der Waals surface area contributed by atoms with Crippen molar-refractivity contribution in [1.82, 2.24) is 0 Å². The Balaban J connectivity index is 4.62. The number of aliphatic hydroxyl groups excluding tert-OH is 2. The molecule has 0 saturated heterocycles. The van der Waals surface area contributed by atoms with Gasteiger partial charge in [-0.05, 0) is 32.1 Å². The largest absolute Gasteiger partial charge is 0.480 e. The van der Waals surface area contributed by atoms with Crippen molar-refractivity contribution in [2.45, 2.75) is 179 Å². The lowest BCUT2D eigenvalue weighted by atomic mass is 10.0. The first-order chi connectivity index (χ1) is 26.9. The third-order valence-corrected chi connectivity index (χ3v) is 9.74. The topological polar surface area (TPSA) is 212 Å². The molecule has 13 nitrogen and oxygen atoms in total. The summed E-state index contributed by atoms with van der Waals surface area (Å²) in [7, 11) is -4.77. The molecule has 0 heterocycles. The lowest BCUT2D eigenvalue weighted by Crippen LogP contribution is -2.34. The predicted octanol–water partition coefficient (Wildman–Crippen LogP) is 8.56. The van der Waals surface area contributed by atoms with Crippen molar-refractivity contribution in [1.29, 1.82) is 0 Å². The number of carbonyl (C=O) groups excluding carboxylic acids is 2. The molecule has 0 aliphatic heterocycles. The van der Waals surface area contributed by atoms with Crippen LogP contribution in [0.2, 0.25) is 0 Å². The molecule has 0 saturated carbocycles. The van der Waals surface area contributed by atoms with Gasteiger partial charge in [0.05, 0.1) is 25.4 Å². The second-order valence-electron chi connectivity index (χ2n) is 14.2. The van der Waals surface area contributed by atoms with Crippen molar-refractivity contribution in [3.63, 3.8) is 0 Å². The maximum Gasteiger partial charge on any atom is 0.472 e. The van der Waals surface area contributed by atoms with Crippen LogP contribution in [-0.4, -0.2) is 82.3 Å². The minimum Gasteiger partial charge on any atom is -0.480 e. The number of hydrogen-bond acceptors (Lipinski definition) is 11. The minimum atomic E-state index is -4.77. The highest BCUT2D eigenvalue weighted by Gasteiger charge is 2.28. The second-order valence-corrected chi connectivity index (χ2v) is 15.6. The molecule has 0 radical (unpaired) electrons. The molecule has 0 fully saturated rings. The van der Waals surface area contributed by atoms with E-state index in [-0.39, 0.29) is 12.8 Å². The van der Waals surface area contributed by atoms with Crippen LogP contribution in [0, 0.1) is 0 Å². The Hall–Kier alpha value is -2.64. The highest BCUT2D eigenvalue weighted by Crippen LogP contribution is 2.43. The second kappa shape index (κ2) is 36.7. The summed E-state index contributed by atoms with van der Waals surface area (Å²) in [5, 5.41) is 29.0. The third-order valence-electron chi connectivity index (χ3n) is 8.79. The molecule has 0 spiro atoms. The Morgan fingerprint density at radius 3 is 1.62 bits per heavy atom. The van der Waals surface area contributed by atoms with Gasteiger partial charge in [0.15, 0.2) is 6.10 Å². The highest BCUT2D eigenvalue weighted by atomic mass is 31.2. The molecule has 0 aliphatic rings. The summed E-state index contributed by atoms with van der Waals surface area (Å²) in [4.78, 5) is 45.9. The average Bonchev–Trinajstić information content (AvgIpc) is 3.16. The zero-order chi connectivity index (χ0) is 41.7. The Morgan fingerprint density at radius 1 is 0.625 bits per heavy atom. The summed E-state index contributed by atoms with van der Waals surface area (Å²) in [5.41, 5.74) is 5.31. The summed E-state index contributed by atoms with van der Waals surface area (Å²) in [6.07, 6.45) is 32.5. The summed E-state index contributed by atoms with van der Waals surface area (Å²) in [5.74, 6) is -2.64. The van der Waals surface area contributed by atoms with E-state index in [1.54, 1.807) is 18.2 Å². The third kappa shape index (κ3) is 35.8. The van der Waals surface area contributed by atoms with E-state index >= 15 is 0 Å². The number of phosphoric ester groups is 1. The zero-order valence-corrected chi connectivity index (χ0v) is 35.1. The van der Waals surface area contributed by atoms with Crippen molar-refractivity contribution in [3.05, 3.63) is 48.6 Å². The van der Waals surface area contributed by atoms with E-state index in [1.165, 1.54) is 57.8 Å². The standard InChI is InChI=1S/C42H74NO12P/c1-3-5-7-8-9-10-11-12-13-14-18-21-25-31-41(47)55-38(34-53-56(50,51)54-35-39(43)42(48)49)33-52-40(46)32-26-30-37(45)29-24-20-17-15-16-19-23-28-36(44)27-22-6-4-2/h16-17,19-20,23-24,28-29,36-39,44-45H,3-15,18,21-22,25-27,30-35,43H2,1-2H3,(H,48,49)(H,50,51)/b19-16-,20-17-,28-23+,29-24+/t36-,37-,38+,39-/m0/s1. The molecule has 14 heteroatoms. The number of phosphoric acid groups is 1. The van der Waals surface area contributed by atoms with E-state index in [2.05, 4.69) is 18.4 Å². The van der Waals surface area contributed by atoms with Crippen LogP contribution in [0.1, 0.15) is 155 Å². The maximum atomic E-state index is 12.6. The number of carboxylic acid groups (broad SMARTS) is 1. The smallest absolute Gasteiger partial charge is 0.472 e. The minimum absolute atomic E-state index is 0.0263. The number of rotatable bonds is 38. The number of aliphatic hydroxyl groups is 2. The van der Waals surface area contributed by atoms with Gasteiger partial charge in [-0.15, -0.1) is 0 Å². The molecule has 0 amide bonds. The lowest BCUT2D eigenvalue weighted by Gasteiger charge is -2.20. The van der Waals surface area contributed by atoms with Gasteiger partial charge in [-0.1, -0.05) is 159 Å². The van der Waals surface area contributed by atoms with Crippen LogP contribution in [0.25, 0.3) is 0 Å². The first kappa shape index (κ1) is 53.4. The fourth-order valence-corrected chi connectivity index (χ4v) is 6.17. The van der Waals surface area contributed by atoms with Crippen LogP contribution in [0.5, 0.6) is 0 Å². The number of ether oxygens (including phenoxy) is 2. The molecule has 5 atom stereocenters. The normalized spacial score (nSPS) is 15.4. The molecule has 0 aromatic rings. The van der Waals surface area contributed by atoms with Crippen molar-refractivity contribution in [2.75, 3.05) is 19.8 Å². The van der Waals surface area contributed by atoms with E-state index in [4.69, 9.17) is 24.8 Å². The quantitative estimate of drug-likeness (QED) is 0.0171. The zero-order valence-electron chi connectivity index (χ0n) is 34.2. The van der Waals surface area contributed by atoms with Crippen LogP contribution >= 0.6 is 7.82 Å². The molecule has 1 unspecified atom stereocenters. The molecule has 0 aromatic carbocycles. The Bertz CT molecular complexity index is 1170. The van der Waals surface area contributed by atoms with E-state index < -0.39 is 69.9 Å². The van der Waals surface area contributed by atoms with Crippen LogP contribution in [-0.2, 0) is 37.5 Å². The van der Waals surface area contributed by atoms with Gasteiger partial charge in [0.2, 0.25) is 0 Å². The Kier molecular flexibility index (Phi) is 35.0. The Labute approximate surface area is 336 Å². The van der Waals surface area contributed by atoms with Crippen molar-refractivity contribution < 1.29 is 57.7 Å². The number of carbonyl (C=O) groups is 3. The first-order valence-electron chi connectivity index (χ1n) is 20.9. The molecule has 0 aliphatic carbocycles. The highest BCUT2D eigenvalue weighted by molar-refractivity contribution is 7.47. The number of allylic oxidation sites excluding steroid dienone is 6. The van der Waals surface area contributed by atoms with Gasteiger partial charge in [-0.25, -0.2) is 4.57 Å². The van der Waals surface area contributed by atoms with Gasteiger partial charge in [-0.3, -0.25) is 23.4 Å². The maximum absolute atomic E-state index is 12.6. The molecule has 0 aromatic heterocycles. The molecule has 0 bridgehead atoms. The van der Waals surface area contributed by atoms with Gasteiger partial charge < -0.3 is 35.4 Å². The van der Waals surface area contributed by atoms with E-state index in [1.807, 2.05) is 30.4 Å². The molecule has 56 heavy (non-hydrogen) atoms. The lowest BCUT2D eigenvalue weighted by molar-refractivity contribution is -0.161. The molecule has 6 N–H and O–H groups in total. The van der Waals surface area contributed by atoms with Crippen molar-refractivity contribution in [3.8, 4) is 0 Å². The van der Waals surface area contributed by atoms with Gasteiger partial charge in [0, 0.05) is 12.8 Å². The van der Waals surface area contributed by atoms with Gasteiger partial charge in [-0.2, -0.15) is 0 Å². The summed E-state index contributed by atoms with van der Waals surface area (Å²) in [6, 6.07) is -1.55. The number of hydrogen-bond donors (Lipinski definition) is 5. The summed E-state index contributed by atoms with van der Waals surface area (Å²) < 4.78 is 32.5. The SMILES string of the molecule is CCCCCCCCCCCCCCCC(=O)O[C@H](COC(=O)CCC[C@@H](O)/C=C/C=C\C/C=C\C=C\[C@@H](O)CCCCC)COP(=O)(O)OC[C@H](N)C(=O)O. The monoisotopic (exact) mass is 815 g/mol. The van der Waals surface area contributed by atoms with Crippen LogP contribution in [0.15, 0.2) is 48.6 Å². The van der Waals surface area contributed by atoms with Gasteiger partial charge >= 0.3 is 25.7 Å². The Morgan fingerprint density at radius 2 is 1.09 bits per heavy atom. The summed E-state index contributed by atoms with van der Waals surface area (Å²) in [6.45, 7) is 2.45. The average molecular weight is 816 g/mol. The van der Waals surface area contributed by atoms with Crippen LogP contribution in [0.3, 0.4) is 0 Å². The fourth-order valence-electron chi connectivity index (χ4n) is 5.40. The van der Waals surface area contributed by atoms with E-state index in [9.17, 15) is 34.1 Å². The number of nitrogens with two attached hydrogens (primary N) is 1. The van der Waals surface area contributed by atoms with E-state index in [0.717, 1.165) is 44.9 Å². The molecule has 0 rings (SSSR count). The molecular formula is C42H74NO12P. The van der Waals surface area contributed by atoms with Gasteiger partial charge in [0.1, 0.15) is 12.6 Å². The predicted molar refractivity (Wildman–Crippen MR) is 220 cm³/mol. The number of unbranched alkanes of at least 4 members (excludes halogenated alkanes) is 14. The molecular weight excluding hydrogens is 741 g/mol. The first-order valence-corrected chi connectivity index (χ1v) is 22.4. The summed E-state index contributed by atoms with van der Waals surface area (Å²) >= 11 is 0. The number of carboxylic acids is 1. The van der Waals surface area contributed by atoms with Crippen LogP contribution in [0.4, 0.5) is 0 Å². The van der Waals surface area contributed by atoms with Crippen LogP contribution < -0.4 is 5.73 Å². The number of esters is 2. The molecule has 324 valence electrons. The fraction of sp³-hybridized carbons (Fsp3) is 0.738.